The lowest BCUT2D eigenvalue weighted by Crippen LogP contribution is -2.25. The number of hydrogen-bond acceptors (Lipinski definition) is 2. The highest BCUT2D eigenvalue weighted by atomic mass is 79.9. The van der Waals surface area contributed by atoms with Crippen molar-refractivity contribution in [2.24, 2.45) is 0 Å². The Hall–Kier alpha value is -0.540. The fraction of sp³-hybridized carbons (Fsp3) is 0.417. The molecule has 0 saturated heterocycles. The first-order valence-electron chi connectivity index (χ1n) is 4.94. The third-order valence-electron chi connectivity index (χ3n) is 1.77. The summed E-state index contributed by atoms with van der Waals surface area (Å²) in [6.07, 6.45) is 0.245. The molecular weight excluding hydrogens is 291 g/mol. The van der Waals surface area contributed by atoms with Crippen LogP contribution in [0.2, 0.25) is 5.02 Å². The summed E-state index contributed by atoms with van der Waals surface area (Å²) >= 11 is 9.18. The van der Waals surface area contributed by atoms with Gasteiger partial charge in [0.2, 0.25) is 0 Å². The number of ether oxygens (including phenoxy) is 1. The van der Waals surface area contributed by atoms with Gasteiger partial charge in [-0.1, -0.05) is 33.6 Å². The molecule has 0 aliphatic rings. The molecule has 88 valence electrons. The van der Waals surface area contributed by atoms with E-state index in [-0.39, 0.29) is 12.4 Å². The summed E-state index contributed by atoms with van der Waals surface area (Å²) in [5, 5.41) is 0.639. The molecule has 16 heavy (non-hydrogen) atoms. The Morgan fingerprint density at radius 2 is 2.06 bits per heavy atom. The quantitative estimate of drug-likeness (QED) is 0.772. The minimum absolute atomic E-state index is 0.240. The van der Waals surface area contributed by atoms with Crippen molar-refractivity contribution in [3.05, 3.63) is 33.3 Å². The number of carbonyl (C=O) groups excluding carboxylic acids is 1. The van der Waals surface area contributed by atoms with Crippen molar-refractivity contribution >= 4 is 33.5 Å². The monoisotopic (exact) mass is 304 g/mol. The van der Waals surface area contributed by atoms with E-state index in [4.69, 9.17) is 16.3 Å². The smallest absolute Gasteiger partial charge is 0.310 e. The fourth-order valence-electron chi connectivity index (χ4n) is 1.20. The van der Waals surface area contributed by atoms with Gasteiger partial charge in [0.15, 0.2) is 0 Å². The van der Waals surface area contributed by atoms with Crippen LogP contribution >= 0.6 is 27.5 Å². The molecule has 0 aromatic heterocycles. The zero-order valence-electron chi connectivity index (χ0n) is 9.51. The Balaban J connectivity index is 2.70. The molecule has 0 saturated carbocycles. The summed E-state index contributed by atoms with van der Waals surface area (Å²) < 4.78 is 6.06. The number of hydrogen-bond donors (Lipinski definition) is 0. The van der Waals surface area contributed by atoms with Crippen molar-refractivity contribution in [1.29, 1.82) is 0 Å². The molecule has 0 aliphatic heterocycles. The fourth-order valence-corrected chi connectivity index (χ4v) is 2.02. The third kappa shape index (κ3) is 4.54. The Labute approximate surface area is 109 Å². The molecule has 1 aromatic carbocycles. The summed E-state index contributed by atoms with van der Waals surface area (Å²) in [6, 6.07) is 5.34. The SMILES string of the molecule is CC(C)(C)OC(=O)Cc1ccc(Cl)cc1Br. The van der Waals surface area contributed by atoms with Gasteiger partial charge in [-0.3, -0.25) is 4.79 Å². The largest absolute Gasteiger partial charge is 0.460 e. The zero-order chi connectivity index (χ0) is 12.3. The maximum Gasteiger partial charge on any atom is 0.310 e. The second kappa shape index (κ2) is 5.19. The number of benzene rings is 1. The lowest BCUT2D eigenvalue weighted by Gasteiger charge is -2.19. The molecule has 0 heterocycles. The summed E-state index contributed by atoms with van der Waals surface area (Å²) in [5.41, 5.74) is 0.425. The Kier molecular flexibility index (Phi) is 4.39. The molecule has 0 bridgehead atoms. The van der Waals surface area contributed by atoms with Crippen LogP contribution in [0.15, 0.2) is 22.7 Å². The lowest BCUT2D eigenvalue weighted by atomic mass is 10.1. The molecule has 0 spiro atoms. The van der Waals surface area contributed by atoms with Crippen molar-refractivity contribution in [1.82, 2.24) is 0 Å². The molecule has 0 radical (unpaired) electrons. The van der Waals surface area contributed by atoms with Crippen molar-refractivity contribution in [2.45, 2.75) is 32.8 Å². The van der Waals surface area contributed by atoms with Crippen LogP contribution in [-0.2, 0) is 16.0 Å². The second-order valence-corrected chi connectivity index (χ2v) is 5.79. The number of halogens is 2. The second-order valence-electron chi connectivity index (χ2n) is 4.50. The Morgan fingerprint density at radius 1 is 1.44 bits per heavy atom. The van der Waals surface area contributed by atoms with Crippen LogP contribution in [0.25, 0.3) is 0 Å². The molecular formula is C12H14BrClO2. The van der Waals surface area contributed by atoms with Crippen molar-refractivity contribution < 1.29 is 9.53 Å². The van der Waals surface area contributed by atoms with Gasteiger partial charge in [-0.2, -0.15) is 0 Å². The van der Waals surface area contributed by atoms with Gasteiger partial charge in [-0.15, -0.1) is 0 Å². The predicted octanol–water partition coefficient (Wildman–Crippen LogP) is 3.99. The lowest BCUT2D eigenvalue weighted by molar-refractivity contribution is -0.153. The minimum atomic E-state index is -0.448. The van der Waals surface area contributed by atoms with Gasteiger partial charge >= 0.3 is 5.97 Å². The number of esters is 1. The van der Waals surface area contributed by atoms with Crippen LogP contribution in [0.4, 0.5) is 0 Å². The van der Waals surface area contributed by atoms with Crippen molar-refractivity contribution in [3.63, 3.8) is 0 Å². The maximum atomic E-state index is 11.6. The van der Waals surface area contributed by atoms with Gasteiger partial charge in [0.25, 0.3) is 0 Å². The van der Waals surface area contributed by atoms with Gasteiger partial charge in [-0.25, -0.2) is 0 Å². The summed E-state index contributed by atoms with van der Waals surface area (Å²) in [4.78, 5) is 11.6. The van der Waals surface area contributed by atoms with Crippen LogP contribution in [0.3, 0.4) is 0 Å². The first kappa shape index (κ1) is 13.5. The van der Waals surface area contributed by atoms with E-state index in [0.717, 1.165) is 10.0 Å². The standard InChI is InChI=1S/C12H14BrClO2/c1-12(2,3)16-11(15)6-8-4-5-9(14)7-10(8)13/h4-5,7H,6H2,1-3H3. The molecule has 0 atom stereocenters. The first-order valence-corrected chi connectivity index (χ1v) is 6.11. The van der Waals surface area contributed by atoms with Gasteiger partial charge in [0.05, 0.1) is 6.42 Å². The van der Waals surface area contributed by atoms with E-state index in [2.05, 4.69) is 15.9 Å². The van der Waals surface area contributed by atoms with Gasteiger partial charge in [-0.05, 0) is 38.5 Å². The molecule has 1 aromatic rings. The van der Waals surface area contributed by atoms with Crippen molar-refractivity contribution in [2.75, 3.05) is 0 Å². The van der Waals surface area contributed by atoms with E-state index >= 15 is 0 Å². The van der Waals surface area contributed by atoms with Crippen molar-refractivity contribution in [3.8, 4) is 0 Å². The van der Waals surface area contributed by atoms with E-state index in [1.165, 1.54) is 0 Å². The van der Waals surface area contributed by atoms with E-state index in [1.807, 2.05) is 26.8 Å². The Bertz CT molecular complexity index is 396. The van der Waals surface area contributed by atoms with Crippen LogP contribution < -0.4 is 0 Å². The number of carbonyl (C=O) groups is 1. The van der Waals surface area contributed by atoms with Gasteiger partial charge < -0.3 is 4.74 Å². The predicted molar refractivity (Wildman–Crippen MR) is 68.7 cm³/mol. The first-order chi connectivity index (χ1) is 7.28. The molecule has 0 amide bonds. The molecule has 4 heteroatoms. The molecule has 0 fully saturated rings. The number of rotatable bonds is 2. The minimum Gasteiger partial charge on any atom is -0.460 e. The summed E-state index contributed by atoms with van der Waals surface area (Å²) in [7, 11) is 0. The maximum absolute atomic E-state index is 11.6. The highest BCUT2D eigenvalue weighted by molar-refractivity contribution is 9.10. The molecule has 0 N–H and O–H groups in total. The molecule has 1 rings (SSSR count). The molecule has 2 nitrogen and oxygen atoms in total. The zero-order valence-corrected chi connectivity index (χ0v) is 11.9. The van der Waals surface area contributed by atoms with Crippen LogP contribution in [-0.4, -0.2) is 11.6 Å². The van der Waals surface area contributed by atoms with Crippen LogP contribution in [0, 0.1) is 0 Å². The highest BCUT2D eigenvalue weighted by Crippen LogP contribution is 2.22. The average Bonchev–Trinajstić information content (AvgIpc) is 2.06. The summed E-state index contributed by atoms with van der Waals surface area (Å²) in [6.45, 7) is 5.55. The average molecular weight is 306 g/mol. The molecule has 0 aliphatic carbocycles. The molecule has 0 unspecified atom stereocenters. The normalized spacial score (nSPS) is 11.3. The topological polar surface area (TPSA) is 26.3 Å². The van der Waals surface area contributed by atoms with E-state index in [1.54, 1.807) is 12.1 Å². The Morgan fingerprint density at radius 3 is 2.56 bits per heavy atom. The van der Waals surface area contributed by atoms with E-state index in [0.29, 0.717) is 5.02 Å². The van der Waals surface area contributed by atoms with Gasteiger partial charge in [0.1, 0.15) is 5.60 Å². The third-order valence-corrected chi connectivity index (χ3v) is 2.74. The van der Waals surface area contributed by atoms with E-state index < -0.39 is 5.60 Å². The van der Waals surface area contributed by atoms with Crippen LogP contribution in [0.1, 0.15) is 26.3 Å². The van der Waals surface area contributed by atoms with E-state index in [9.17, 15) is 4.79 Å². The van der Waals surface area contributed by atoms with Crippen LogP contribution in [0.5, 0.6) is 0 Å². The highest BCUT2D eigenvalue weighted by Gasteiger charge is 2.17. The summed E-state index contributed by atoms with van der Waals surface area (Å²) in [5.74, 6) is -0.240. The van der Waals surface area contributed by atoms with Gasteiger partial charge in [0, 0.05) is 9.50 Å².